The lowest BCUT2D eigenvalue weighted by molar-refractivity contribution is -0.141. The lowest BCUT2D eigenvalue weighted by Crippen LogP contribution is -2.50. The SMILES string of the molecule is CC[C@H](C(=O)NC(C)C)N(Cc1ccccc1C)C(=O)CCSCc1ccccc1. The monoisotopic (exact) mass is 426 g/mol. The van der Waals surface area contributed by atoms with E-state index in [9.17, 15) is 9.59 Å². The highest BCUT2D eigenvalue weighted by Gasteiger charge is 2.28. The molecule has 2 aromatic rings. The second kappa shape index (κ2) is 12.4. The summed E-state index contributed by atoms with van der Waals surface area (Å²) < 4.78 is 0. The second-order valence-electron chi connectivity index (χ2n) is 7.82. The van der Waals surface area contributed by atoms with Crippen LogP contribution in [0, 0.1) is 6.92 Å². The first-order valence-corrected chi connectivity index (χ1v) is 11.8. The fourth-order valence-electron chi connectivity index (χ4n) is 3.34. The molecule has 0 aliphatic carbocycles. The summed E-state index contributed by atoms with van der Waals surface area (Å²) >= 11 is 1.75. The molecule has 5 heteroatoms. The molecule has 2 amide bonds. The van der Waals surface area contributed by atoms with E-state index in [0.29, 0.717) is 19.4 Å². The van der Waals surface area contributed by atoms with Gasteiger partial charge in [-0.15, -0.1) is 0 Å². The van der Waals surface area contributed by atoms with Gasteiger partial charge in [-0.2, -0.15) is 11.8 Å². The van der Waals surface area contributed by atoms with Crippen molar-refractivity contribution < 1.29 is 9.59 Å². The van der Waals surface area contributed by atoms with E-state index in [4.69, 9.17) is 0 Å². The smallest absolute Gasteiger partial charge is 0.243 e. The number of hydrogen-bond acceptors (Lipinski definition) is 3. The Hall–Kier alpha value is -2.27. The minimum Gasteiger partial charge on any atom is -0.352 e. The Morgan fingerprint density at radius 2 is 1.70 bits per heavy atom. The first-order chi connectivity index (χ1) is 14.4. The molecule has 162 valence electrons. The molecule has 0 aliphatic heterocycles. The molecule has 0 saturated carbocycles. The lowest BCUT2D eigenvalue weighted by atomic mass is 10.1. The maximum Gasteiger partial charge on any atom is 0.243 e. The molecule has 0 aliphatic rings. The molecule has 1 N–H and O–H groups in total. The molecule has 0 heterocycles. The van der Waals surface area contributed by atoms with Crippen LogP contribution in [0.15, 0.2) is 54.6 Å². The third-order valence-corrected chi connectivity index (χ3v) is 6.02. The van der Waals surface area contributed by atoms with Gasteiger partial charge in [-0.1, -0.05) is 61.5 Å². The highest BCUT2D eigenvalue weighted by molar-refractivity contribution is 7.98. The number of rotatable bonds is 11. The average molecular weight is 427 g/mol. The van der Waals surface area contributed by atoms with Crippen molar-refractivity contribution in [1.82, 2.24) is 10.2 Å². The van der Waals surface area contributed by atoms with Crippen LogP contribution in [-0.2, 0) is 21.9 Å². The predicted octanol–water partition coefficient (Wildman–Crippen LogP) is 4.95. The van der Waals surface area contributed by atoms with Gasteiger partial charge in [0.05, 0.1) is 0 Å². The zero-order valence-electron chi connectivity index (χ0n) is 18.6. The first-order valence-electron chi connectivity index (χ1n) is 10.7. The van der Waals surface area contributed by atoms with Crippen LogP contribution in [0.4, 0.5) is 0 Å². The summed E-state index contributed by atoms with van der Waals surface area (Å²) in [6.07, 6.45) is 1.02. The summed E-state index contributed by atoms with van der Waals surface area (Å²) in [6, 6.07) is 17.9. The van der Waals surface area contributed by atoms with Crippen molar-refractivity contribution >= 4 is 23.6 Å². The van der Waals surface area contributed by atoms with Gasteiger partial charge < -0.3 is 10.2 Å². The maximum atomic E-state index is 13.2. The van der Waals surface area contributed by atoms with Gasteiger partial charge in [0.1, 0.15) is 6.04 Å². The lowest BCUT2D eigenvalue weighted by Gasteiger charge is -2.31. The summed E-state index contributed by atoms with van der Waals surface area (Å²) in [5.41, 5.74) is 3.47. The van der Waals surface area contributed by atoms with E-state index in [2.05, 4.69) is 17.4 Å². The van der Waals surface area contributed by atoms with Crippen molar-refractivity contribution in [2.75, 3.05) is 5.75 Å². The molecule has 0 aromatic heterocycles. The molecule has 0 radical (unpaired) electrons. The Balaban J connectivity index is 2.07. The van der Waals surface area contributed by atoms with Gasteiger partial charge in [-0.05, 0) is 43.9 Å². The number of carbonyl (C=O) groups excluding carboxylic acids is 2. The van der Waals surface area contributed by atoms with Crippen LogP contribution in [0.5, 0.6) is 0 Å². The molecule has 0 spiro atoms. The van der Waals surface area contributed by atoms with Crippen LogP contribution in [0.2, 0.25) is 0 Å². The molecule has 0 bridgehead atoms. The number of nitrogens with one attached hydrogen (secondary N) is 1. The molecule has 30 heavy (non-hydrogen) atoms. The molecule has 0 saturated heterocycles. The molecule has 0 unspecified atom stereocenters. The highest BCUT2D eigenvalue weighted by atomic mass is 32.2. The van der Waals surface area contributed by atoms with Crippen molar-refractivity contribution in [2.24, 2.45) is 0 Å². The van der Waals surface area contributed by atoms with Crippen LogP contribution in [0.3, 0.4) is 0 Å². The number of benzene rings is 2. The first kappa shape index (κ1) is 24.0. The van der Waals surface area contributed by atoms with E-state index >= 15 is 0 Å². The standard InChI is InChI=1S/C25H34N2O2S/c1-5-23(25(29)26-19(2)3)27(17-22-14-10-9-11-20(22)4)24(28)15-16-30-18-21-12-7-6-8-13-21/h6-14,19,23H,5,15-18H2,1-4H3,(H,26,29)/t23-/m1/s1. The van der Waals surface area contributed by atoms with E-state index in [1.165, 1.54) is 5.56 Å². The van der Waals surface area contributed by atoms with Crippen LogP contribution in [-0.4, -0.2) is 34.6 Å². The quantitative estimate of drug-likeness (QED) is 0.517. The third-order valence-electron chi connectivity index (χ3n) is 4.99. The van der Waals surface area contributed by atoms with Gasteiger partial charge in [0, 0.05) is 30.5 Å². The normalized spacial score (nSPS) is 11.9. The van der Waals surface area contributed by atoms with E-state index < -0.39 is 6.04 Å². The van der Waals surface area contributed by atoms with Gasteiger partial charge in [0.25, 0.3) is 0 Å². The van der Waals surface area contributed by atoms with Crippen LogP contribution in [0.1, 0.15) is 50.3 Å². The largest absolute Gasteiger partial charge is 0.352 e. The van der Waals surface area contributed by atoms with Crippen molar-refractivity contribution in [3.63, 3.8) is 0 Å². The molecule has 0 fully saturated rings. The number of hydrogen-bond donors (Lipinski definition) is 1. The zero-order valence-corrected chi connectivity index (χ0v) is 19.4. The maximum absolute atomic E-state index is 13.2. The summed E-state index contributed by atoms with van der Waals surface area (Å²) in [5, 5.41) is 2.98. The topological polar surface area (TPSA) is 49.4 Å². The van der Waals surface area contributed by atoms with Crippen LogP contribution < -0.4 is 5.32 Å². The van der Waals surface area contributed by atoms with E-state index in [-0.39, 0.29) is 17.9 Å². The summed E-state index contributed by atoms with van der Waals surface area (Å²) in [5.74, 6) is 1.58. The number of thioether (sulfide) groups is 1. The van der Waals surface area contributed by atoms with Crippen molar-refractivity contribution in [2.45, 2.75) is 64.9 Å². The Bertz CT molecular complexity index is 808. The minimum absolute atomic E-state index is 0.0320. The fourth-order valence-corrected chi connectivity index (χ4v) is 4.23. The van der Waals surface area contributed by atoms with Gasteiger partial charge >= 0.3 is 0 Å². The van der Waals surface area contributed by atoms with Crippen molar-refractivity contribution in [3.8, 4) is 0 Å². The van der Waals surface area contributed by atoms with Gasteiger partial charge in [0.15, 0.2) is 0 Å². The van der Waals surface area contributed by atoms with Crippen LogP contribution >= 0.6 is 11.8 Å². The van der Waals surface area contributed by atoms with Crippen molar-refractivity contribution in [1.29, 1.82) is 0 Å². The van der Waals surface area contributed by atoms with E-state index in [0.717, 1.165) is 22.6 Å². The fraction of sp³-hybridized carbons (Fsp3) is 0.440. The zero-order chi connectivity index (χ0) is 21.9. The third kappa shape index (κ3) is 7.52. The van der Waals surface area contributed by atoms with Crippen LogP contribution in [0.25, 0.3) is 0 Å². The highest BCUT2D eigenvalue weighted by Crippen LogP contribution is 2.18. The minimum atomic E-state index is -0.460. The van der Waals surface area contributed by atoms with E-state index in [1.54, 1.807) is 16.7 Å². The summed E-state index contributed by atoms with van der Waals surface area (Å²) in [7, 11) is 0. The molecule has 2 rings (SSSR count). The number of aryl methyl sites for hydroxylation is 1. The predicted molar refractivity (Wildman–Crippen MR) is 126 cm³/mol. The molecular formula is C25H34N2O2S. The van der Waals surface area contributed by atoms with E-state index in [1.807, 2.05) is 70.2 Å². The van der Waals surface area contributed by atoms with Gasteiger partial charge in [-0.3, -0.25) is 9.59 Å². The average Bonchev–Trinajstić information content (AvgIpc) is 2.72. The second-order valence-corrected chi connectivity index (χ2v) is 8.93. The number of nitrogens with zero attached hydrogens (tertiary/aromatic N) is 1. The van der Waals surface area contributed by atoms with Gasteiger partial charge in [-0.25, -0.2) is 0 Å². The molecule has 2 aromatic carbocycles. The van der Waals surface area contributed by atoms with Gasteiger partial charge in [0.2, 0.25) is 11.8 Å². The Kier molecular flexibility index (Phi) is 9.95. The molecular weight excluding hydrogens is 392 g/mol. The Morgan fingerprint density at radius 3 is 2.33 bits per heavy atom. The Morgan fingerprint density at radius 1 is 1.03 bits per heavy atom. The summed E-state index contributed by atoms with van der Waals surface area (Å²) in [6.45, 7) is 8.35. The van der Waals surface area contributed by atoms with Crippen molar-refractivity contribution in [3.05, 3.63) is 71.3 Å². The number of amides is 2. The molecule has 4 nitrogen and oxygen atoms in total. The molecule has 1 atom stereocenters. The summed E-state index contributed by atoms with van der Waals surface area (Å²) in [4.78, 5) is 27.8. The number of carbonyl (C=O) groups is 2. The Labute approximate surface area is 185 Å².